The lowest BCUT2D eigenvalue weighted by Crippen LogP contribution is -2.13. The van der Waals surface area contributed by atoms with Gasteiger partial charge in [0.05, 0.1) is 12.8 Å². The molecule has 1 aromatic heterocycles. The largest absolute Gasteiger partial charge is 0.504 e. The maximum atomic E-state index is 11.0. The van der Waals surface area contributed by atoms with Gasteiger partial charge >= 0.3 is 5.97 Å². The summed E-state index contributed by atoms with van der Waals surface area (Å²) in [6, 6.07) is 0. The number of rotatable bonds is 3. The summed E-state index contributed by atoms with van der Waals surface area (Å²) in [5.41, 5.74) is 0.504. The van der Waals surface area contributed by atoms with Crippen LogP contribution in [0.25, 0.3) is 0 Å². The normalized spacial score (nSPS) is 10.0. The second kappa shape index (κ2) is 3.93. The monoisotopic (exact) mass is 184 g/mol. The van der Waals surface area contributed by atoms with Gasteiger partial charge in [0.1, 0.15) is 12.2 Å². The van der Waals surface area contributed by atoms with Gasteiger partial charge in [-0.2, -0.15) is 5.10 Å². The number of aryl methyl sites for hydroxylation is 1. The molecule has 5 heteroatoms. The Bertz CT molecular complexity index is 287. The van der Waals surface area contributed by atoms with Gasteiger partial charge in [0.2, 0.25) is 0 Å². The molecular weight excluding hydrogens is 172 g/mol. The molecule has 0 amide bonds. The number of aromatic hydroxyl groups is 1. The highest BCUT2D eigenvalue weighted by atomic mass is 16.5. The first-order valence-electron chi connectivity index (χ1n) is 4.02. The lowest BCUT2D eigenvalue weighted by molar-refractivity contribution is -0.144. The van der Waals surface area contributed by atoms with Crippen LogP contribution in [0, 0.1) is 6.92 Å². The summed E-state index contributed by atoms with van der Waals surface area (Å²) in [5, 5.41) is 13.0. The Balaban J connectivity index is 2.59. The van der Waals surface area contributed by atoms with Crippen LogP contribution in [0.1, 0.15) is 12.6 Å². The quantitative estimate of drug-likeness (QED) is 0.693. The van der Waals surface area contributed by atoms with E-state index in [2.05, 4.69) is 5.10 Å². The summed E-state index contributed by atoms with van der Waals surface area (Å²) in [6.45, 7) is 3.79. The van der Waals surface area contributed by atoms with E-state index in [1.165, 1.54) is 10.9 Å². The molecule has 5 nitrogen and oxygen atoms in total. The lowest BCUT2D eigenvalue weighted by Gasteiger charge is -2.00. The topological polar surface area (TPSA) is 64.3 Å². The Morgan fingerprint density at radius 3 is 2.92 bits per heavy atom. The fraction of sp³-hybridized carbons (Fsp3) is 0.500. The number of hydrogen-bond acceptors (Lipinski definition) is 4. The Labute approximate surface area is 75.9 Å². The lowest BCUT2D eigenvalue weighted by atomic mass is 10.5. The fourth-order valence-electron chi connectivity index (χ4n) is 0.927. The summed E-state index contributed by atoms with van der Waals surface area (Å²) in [5.74, 6) is -0.269. The average Bonchev–Trinajstić information content (AvgIpc) is 2.31. The van der Waals surface area contributed by atoms with Crippen molar-refractivity contribution in [1.29, 1.82) is 0 Å². The van der Waals surface area contributed by atoms with Crippen molar-refractivity contribution in [2.24, 2.45) is 0 Å². The van der Waals surface area contributed by atoms with Gasteiger partial charge in [-0.1, -0.05) is 0 Å². The highest BCUT2D eigenvalue weighted by molar-refractivity contribution is 5.69. The molecule has 1 heterocycles. The van der Waals surface area contributed by atoms with Crippen LogP contribution in [-0.2, 0) is 16.1 Å². The summed E-state index contributed by atoms with van der Waals surface area (Å²) >= 11 is 0. The number of carbonyl (C=O) groups excluding carboxylic acids is 1. The van der Waals surface area contributed by atoms with Gasteiger partial charge in [-0.25, -0.2) is 0 Å². The smallest absolute Gasteiger partial charge is 0.327 e. The van der Waals surface area contributed by atoms with Gasteiger partial charge in [0.25, 0.3) is 0 Å². The minimum absolute atomic E-state index is 0.0369. The minimum Gasteiger partial charge on any atom is -0.504 e. The van der Waals surface area contributed by atoms with E-state index in [0.717, 1.165) is 0 Å². The van der Waals surface area contributed by atoms with Crippen LogP contribution in [-0.4, -0.2) is 27.5 Å². The summed E-state index contributed by atoms with van der Waals surface area (Å²) in [7, 11) is 0. The Morgan fingerprint density at radius 1 is 1.77 bits per heavy atom. The maximum absolute atomic E-state index is 11.0. The minimum atomic E-state index is -0.356. The van der Waals surface area contributed by atoms with Crippen LogP contribution in [0.2, 0.25) is 0 Å². The van der Waals surface area contributed by atoms with E-state index < -0.39 is 0 Å². The zero-order valence-corrected chi connectivity index (χ0v) is 7.65. The van der Waals surface area contributed by atoms with Crippen molar-refractivity contribution in [2.75, 3.05) is 6.61 Å². The zero-order chi connectivity index (χ0) is 9.84. The molecule has 1 rings (SSSR count). The SMILES string of the molecule is CCOC(=O)Cn1cc(O)c(C)n1. The average molecular weight is 184 g/mol. The fourth-order valence-corrected chi connectivity index (χ4v) is 0.927. The van der Waals surface area contributed by atoms with Crippen molar-refractivity contribution in [1.82, 2.24) is 9.78 Å². The van der Waals surface area contributed by atoms with Crippen LogP contribution in [0.4, 0.5) is 0 Å². The highest BCUT2D eigenvalue weighted by Gasteiger charge is 2.07. The van der Waals surface area contributed by atoms with Crippen LogP contribution >= 0.6 is 0 Å². The molecule has 0 bridgehead atoms. The van der Waals surface area contributed by atoms with E-state index in [9.17, 15) is 4.79 Å². The first-order chi connectivity index (χ1) is 6.13. The van der Waals surface area contributed by atoms with Crippen LogP contribution < -0.4 is 0 Å². The first kappa shape index (κ1) is 9.57. The predicted octanol–water partition coefficient (Wildman–Crippen LogP) is 0.460. The second-order valence-corrected chi connectivity index (χ2v) is 2.60. The summed E-state index contributed by atoms with van der Waals surface area (Å²) in [4.78, 5) is 11.0. The number of hydrogen-bond donors (Lipinski definition) is 1. The zero-order valence-electron chi connectivity index (χ0n) is 7.65. The van der Waals surface area contributed by atoms with Crippen molar-refractivity contribution in [3.63, 3.8) is 0 Å². The number of nitrogens with zero attached hydrogens (tertiary/aromatic N) is 2. The molecule has 0 saturated carbocycles. The predicted molar refractivity (Wildman–Crippen MR) is 45.3 cm³/mol. The van der Waals surface area contributed by atoms with E-state index in [-0.39, 0.29) is 18.3 Å². The second-order valence-electron chi connectivity index (χ2n) is 2.60. The van der Waals surface area contributed by atoms with Crippen LogP contribution in [0.5, 0.6) is 5.75 Å². The molecule has 0 radical (unpaired) electrons. The van der Waals surface area contributed by atoms with Crippen LogP contribution in [0.15, 0.2) is 6.20 Å². The van der Waals surface area contributed by atoms with Crippen molar-refractivity contribution >= 4 is 5.97 Å². The van der Waals surface area contributed by atoms with Gasteiger partial charge in [0, 0.05) is 0 Å². The van der Waals surface area contributed by atoms with Gasteiger partial charge in [0.15, 0.2) is 5.75 Å². The Kier molecular flexibility index (Phi) is 2.89. The number of aromatic nitrogens is 2. The number of carbonyl (C=O) groups is 1. The van der Waals surface area contributed by atoms with E-state index in [0.29, 0.717) is 12.3 Å². The van der Waals surface area contributed by atoms with E-state index >= 15 is 0 Å². The van der Waals surface area contributed by atoms with E-state index in [4.69, 9.17) is 9.84 Å². The van der Waals surface area contributed by atoms with Gasteiger partial charge in [-0.3, -0.25) is 9.48 Å². The molecule has 0 saturated heterocycles. The molecule has 0 aliphatic carbocycles. The van der Waals surface area contributed by atoms with Gasteiger partial charge in [-0.15, -0.1) is 0 Å². The number of ether oxygens (including phenoxy) is 1. The van der Waals surface area contributed by atoms with Gasteiger partial charge < -0.3 is 9.84 Å². The third-order valence-corrected chi connectivity index (χ3v) is 1.52. The molecule has 0 aliphatic rings. The molecule has 0 aromatic carbocycles. The molecule has 1 N–H and O–H groups in total. The first-order valence-corrected chi connectivity index (χ1v) is 4.02. The third kappa shape index (κ3) is 2.47. The van der Waals surface area contributed by atoms with Crippen molar-refractivity contribution in [3.8, 4) is 5.75 Å². The molecule has 0 spiro atoms. The van der Waals surface area contributed by atoms with E-state index in [1.54, 1.807) is 13.8 Å². The summed E-state index contributed by atoms with van der Waals surface area (Å²) in [6.07, 6.45) is 1.40. The van der Waals surface area contributed by atoms with Crippen molar-refractivity contribution < 1.29 is 14.6 Å². The van der Waals surface area contributed by atoms with E-state index in [1.807, 2.05) is 0 Å². The molecule has 0 atom stereocenters. The summed E-state index contributed by atoms with van der Waals surface area (Å²) < 4.78 is 6.06. The maximum Gasteiger partial charge on any atom is 0.327 e. The van der Waals surface area contributed by atoms with Gasteiger partial charge in [-0.05, 0) is 13.8 Å². The number of esters is 1. The molecule has 0 aliphatic heterocycles. The highest BCUT2D eigenvalue weighted by Crippen LogP contribution is 2.11. The van der Waals surface area contributed by atoms with Crippen molar-refractivity contribution in [2.45, 2.75) is 20.4 Å². The molecule has 72 valence electrons. The van der Waals surface area contributed by atoms with Crippen LogP contribution in [0.3, 0.4) is 0 Å². The third-order valence-electron chi connectivity index (χ3n) is 1.52. The molecule has 0 fully saturated rings. The molecule has 13 heavy (non-hydrogen) atoms. The Morgan fingerprint density at radius 2 is 2.46 bits per heavy atom. The molecule has 1 aromatic rings. The molecular formula is C8H12N2O3. The van der Waals surface area contributed by atoms with Crippen molar-refractivity contribution in [3.05, 3.63) is 11.9 Å². The Hall–Kier alpha value is -1.52. The standard InChI is InChI=1S/C8H12N2O3/c1-3-13-8(12)5-10-4-7(11)6(2)9-10/h4,11H,3,5H2,1-2H3. The molecule has 0 unspecified atom stereocenters.